The van der Waals surface area contributed by atoms with Gasteiger partial charge in [0.15, 0.2) is 0 Å². The molecule has 0 aliphatic carbocycles. The quantitative estimate of drug-likeness (QED) is 0.867. The van der Waals surface area contributed by atoms with Crippen LogP contribution in [0.1, 0.15) is 16.1 Å². The van der Waals surface area contributed by atoms with Crippen LogP contribution < -0.4 is 5.73 Å². The lowest BCUT2D eigenvalue weighted by atomic mass is 10.2. The third-order valence-electron chi connectivity index (χ3n) is 2.60. The van der Waals surface area contributed by atoms with Crippen molar-refractivity contribution in [3.63, 3.8) is 0 Å². The molecule has 0 amide bonds. The second kappa shape index (κ2) is 5.09. The molecule has 1 aromatic heterocycles. The minimum atomic E-state index is -0.650. The van der Waals surface area contributed by atoms with Crippen LogP contribution in [-0.4, -0.2) is 10.5 Å². The summed E-state index contributed by atoms with van der Waals surface area (Å²) < 4.78 is 32.7. The number of nitrogens with zero attached hydrogens (tertiary/aromatic N) is 1. The van der Waals surface area contributed by atoms with E-state index < -0.39 is 17.6 Å². The van der Waals surface area contributed by atoms with Gasteiger partial charge in [-0.2, -0.15) is 0 Å². The van der Waals surface area contributed by atoms with Gasteiger partial charge >= 0.3 is 5.97 Å². The van der Waals surface area contributed by atoms with Gasteiger partial charge in [-0.15, -0.1) is 0 Å². The van der Waals surface area contributed by atoms with Crippen molar-refractivity contribution in [2.24, 2.45) is 7.05 Å². The molecule has 100 valence electrons. The highest BCUT2D eigenvalue weighted by atomic mass is 19.1. The lowest BCUT2D eigenvalue weighted by molar-refractivity contribution is 0.0457. The Morgan fingerprint density at radius 1 is 1.37 bits per heavy atom. The van der Waals surface area contributed by atoms with Crippen LogP contribution in [0.15, 0.2) is 30.5 Å². The topological polar surface area (TPSA) is 57.2 Å². The predicted molar refractivity (Wildman–Crippen MR) is 65.3 cm³/mol. The van der Waals surface area contributed by atoms with Gasteiger partial charge in [0.05, 0.1) is 5.69 Å². The average Bonchev–Trinajstić information content (AvgIpc) is 2.69. The first-order valence-electron chi connectivity index (χ1n) is 5.50. The lowest BCUT2D eigenvalue weighted by Crippen LogP contribution is -2.10. The van der Waals surface area contributed by atoms with Gasteiger partial charge in [0.1, 0.15) is 23.9 Å². The number of hydrogen-bond donors (Lipinski definition) is 1. The molecule has 2 N–H and O–H groups in total. The molecule has 0 spiro atoms. The van der Waals surface area contributed by atoms with Gasteiger partial charge < -0.3 is 15.0 Å². The number of carbonyl (C=O) groups excluding carboxylic acids is 1. The molecule has 0 aliphatic heterocycles. The van der Waals surface area contributed by atoms with Gasteiger partial charge in [0.2, 0.25) is 0 Å². The van der Waals surface area contributed by atoms with Gasteiger partial charge in [-0.25, -0.2) is 13.6 Å². The van der Waals surface area contributed by atoms with E-state index in [9.17, 15) is 13.6 Å². The summed E-state index contributed by atoms with van der Waals surface area (Å²) in [4.78, 5) is 11.7. The fourth-order valence-electron chi connectivity index (χ4n) is 1.66. The standard InChI is InChI=1S/C13H12F2N2O2/c1-17-6-10(16)5-12(17)13(18)19-7-8-4-9(14)2-3-11(8)15/h2-6H,7,16H2,1H3. The van der Waals surface area contributed by atoms with Crippen molar-refractivity contribution in [1.82, 2.24) is 4.57 Å². The van der Waals surface area contributed by atoms with Crippen LogP contribution in [-0.2, 0) is 18.4 Å². The summed E-state index contributed by atoms with van der Waals surface area (Å²) in [5.74, 6) is -1.86. The van der Waals surface area contributed by atoms with Gasteiger partial charge in [0, 0.05) is 18.8 Å². The number of anilines is 1. The summed E-state index contributed by atoms with van der Waals surface area (Å²) >= 11 is 0. The number of nitrogens with two attached hydrogens (primary N) is 1. The van der Waals surface area contributed by atoms with Crippen LogP contribution in [0.3, 0.4) is 0 Å². The van der Waals surface area contributed by atoms with E-state index in [0.717, 1.165) is 18.2 Å². The van der Waals surface area contributed by atoms with Crippen LogP contribution in [0.25, 0.3) is 0 Å². The molecule has 2 rings (SSSR count). The molecule has 0 aliphatic rings. The summed E-state index contributed by atoms with van der Waals surface area (Å²) in [5.41, 5.74) is 6.18. The third-order valence-corrected chi connectivity index (χ3v) is 2.60. The van der Waals surface area contributed by atoms with Crippen LogP contribution in [0.5, 0.6) is 0 Å². The van der Waals surface area contributed by atoms with E-state index in [1.165, 1.54) is 10.6 Å². The van der Waals surface area contributed by atoms with E-state index in [2.05, 4.69) is 0 Å². The molecule has 1 aromatic carbocycles. The maximum absolute atomic E-state index is 13.3. The summed E-state index contributed by atoms with van der Waals surface area (Å²) in [6.07, 6.45) is 1.55. The average molecular weight is 266 g/mol. The minimum absolute atomic E-state index is 0.0180. The molecule has 1 heterocycles. The van der Waals surface area contributed by atoms with Crippen molar-refractivity contribution in [3.8, 4) is 0 Å². The zero-order valence-electron chi connectivity index (χ0n) is 10.2. The highest BCUT2D eigenvalue weighted by molar-refractivity contribution is 5.89. The van der Waals surface area contributed by atoms with Gasteiger partial charge in [-0.1, -0.05) is 0 Å². The SMILES string of the molecule is Cn1cc(N)cc1C(=O)OCc1cc(F)ccc1F. The molecule has 0 saturated heterocycles. The fourth-order valence-corrected chi connectivity index (χ4v) is 1.66. The highest BCUT2D eigenvalue weighted by Gasteiger charge is 2.13. The van der Waals surface area contributed by atoms with Gasteiger partial charge in [0.25, 0.3) is 0 Å². The zero-order chi connectivity index (χ0) is 14.0. The van der Waals surface area contributed by atoms with Crippen molar-refractivity contribution < 1.29 is 18.3 Å². The monoisotopic (exact) mass is 266 g/mol. The van der Waals surface area contributed by atoms with E-state index in [1.807, 2.05) is 0 Å². The smallest absolute Gasteiger partial charge is 0.355 e. The van der Waals surface area contributed by atoms with E-state index in [-0.39, 0.29) is 17.9 Å². The van der Waals surface area contributed by atoms with Crippen molar-refractivity contribution in [3.05, 3.63) is 53.4 Å². The van der Waals surface area contributed by atoms with Gasteiger partial charge in [-0.3, -0.25) is 0 Å². The largest absolute Gasteiger partial charge is 0.456 e. The Hall–Kier alpha value is -2.37. The Kier molecular flexibility index (Phi) is 3.50. The van der Waals surface area contributed by atoms with Crippen LogP contribution in [0.2, 0.25) is 0 Å². The predicted octanol–water partition coefficient (Wildman–Crippen LogP) is 2.24. The van der Waals surface area contributed by atoms with Crippen molar-refractivity contribution >= 4 is 11.7 Å². The highest BCUT2D eigenvalue weighted by Crippen LogP contribution is 2.14. The Balaban J connectivity index is 2.08. The maximum Gasteiger partial charge on any atom is 0.355 e. The molecule has 0 bridgehead atoms. The Bertz CT molecular complexity index is 623. The number of hydrogen-bond acceptors (Lipinski definition) is 3. The number of nitrogen functional groups attached to an aromatic ring is 1. The first-order valence-corrected chi connectivity index (χ1v) is 5.50. The molecule has 0 fully saturated rings. The first-order chi connectivity index (χ1) is 8.97. The maximum atomic E-state index is 13.3. The molecular weight excluding hydrogens is 254 g/mol. The number of halogens is 2. The number of rotatable bonds is 3. The van der Waals surface area contributed by atoms with Crippen molar-refractivity contribution in [2.45, 2.75) is 6.61 Å². The number of esters is 1. The molecular formula is C13H12F2N2O2. The van der Waals surface area contributed by atoms with Crippen LogP contribution in [0, 0.1) is 11.6 Å². The molecule has 19 heavy (non-hydrogen) atoms. The van der Waals surface area contributed by atoms with Crippen LogP contribution in [0.4, 0.5) is 14.5 Å². The first kappa shape index (κ1) is 13.1. The zero-order valence-corrected chi connectivity index (χ0v) is 10.2. The minimum Gasteiger partial charge on any atom is -0.456 e. The second-order valence-corrected chi connectivity index (χ2v) is 4.08. The summed E-state index contributed by atoms with van der Waals surface area (Å²) in [6, 6.07) is 4.42. The molecule has 4 nitrogen and oxygen atoms in total. The number of aromatic nitrogens is 1. The van der Waals surface area contributed by atoms with E-state index in [1.54, 1.807) is 13.2 Å². The summed E-state index contributed by atoms with van der Waals surface area (Å²) in [7, 11) is 1.63. The Morgan fingerprint density at radius 3 is 2.74 bits per heavy atom. The molecule has 2 aromatic rings. The number of ether oxygens (including phenoxy) is 1. The van der Waals surface area contributed by atoms with Crippen molar-refractivity contribution in [2.75, 3.05) is 5.73 Å². The lowest BCUT2D eigenvalue weighted by Gasteiger charge is -2.06. The Labute approximate surface area is 108 Å². The molecule has 0 radical (unpaired) electrons. The Morgan fingerprint density at radius 2 is 2.11 bits per heavy atom. The van der Waals surface area contributed by atoms with E-state index >= 15 is 0 Å². The van der Waals surface area contributed by atoms with Crippen LogP contribution >= 0.6 is 0 Å². The number of aryl methyl sites for hydroxylation is 1. The molecule has 6 heteroatoms. The second-order valence-electron chi connectivity index (χ2n) is 4.08. The molecule has 0 atom stereocenters. The van der Waals surface area contributed by atoms with Gasteiger partial charge in [-0.05, 0) is 24.3 Å². The fraction of sp³-hybridized carbons (Fsp3) is 0.154. The number of carbonyl (C=O) groups is 1. The summed E-state index contributed by atoms with van der Waals surface area (Å²) in [6.45, 7) is -0.340. The summed E-state index contributed by atoms with van der Waals surface area (Å²) in [5, 5.41) is 0. The molecule has 0 unspecified atom stereocenters. The normalized spacial score (nSPS) is 10.5. The number of benzene rings is 1. The van der Waals surface area contributed by atoms with E-state index in [4.69, 9.17) is 10.5 Å². The third kappa shape index (κ3) is 2.90. The van der Waals surface area contributed by atoms with Crippen molar-refractivity contribution in [1.29, 1.82) is 0 Å². The van der Waals surface area contributed by atoms with E-state index in [0.29, 0.717) is 5.69 Å². The molecule has 0 saturated carbocycles.